The standard InChI is InChI=1S/C25H42.C2H6/c1-5-6-9-18(2)21-13-14-22-20-12-11-19-10-7-8-16-24(19,3)23(20)15-17-25(21,22)4;1-2/h5,18-23H,1,6-17H2,2-4H3;1-2H3/t18-,19?,20?,21?,22?,23?,24?,25?;/m1./s1. The molecule has 0 heteroatoms. The van der Waals surface area contributed by atoms with E-state index < -0.39 is 0 Å². The van der Waals surface area contributed by atoms with Gasteiger partial charge in [-0.15, -0.1) is 6.58 Å². The highest BCUT2D eigenvalue weighted by atomic mass is 14.6. The minimum Gasteiger partial charge on any atom is -0.103 e. The molecule has 0 amide bonds. The Kier molecular flexibility index (Phi) is 6.85. The summed E-state index contributed by atoms with van der Waals surface area (Å²) in [6.07, 6.45) is 20.1. The lowest BCUT2D eigenvalue weighted by Gasteiger charge is -2.61. The predicted octanol–water partition coefficient (Wildman–Crippen LogP) is 8.66. The van der Waals surface area contributed by atoms with Crippen LogP contribution in [0.15, 0.2) is 12.7 Å². The smallest absolute Gasteiger partial charge is 0.0264 e. The lowest BCUT2D eigenvalue weighted by molar-refractivity contribution is -0.114. The van der Waals surface area contributed by atoms with Gasteiger partial charge in [0.2, 0.25) is 0 Å². The molecule has 0 aromatic carbocycles. The van der Waals surface area contributed by atoms with Gasteiger partial charge in [0.15, 0.2) is 0 Å². The normalized spacial score (nSPS) is 46.9. The molecule has 0 N–H and O–H groups in total. The third kappa shape index (κ3) is 3.57. The van der Waals surface area contributed by atoms with Crippen molar-refractivity contribution < 1.29 is 0 Å². The molecule has 0 spiro atoms. The Bertz CT molecular complexity index is 492. The van der Waals surface area contributed by atoms with Crippen molar-refractivity contribution in [2.75, 3.05) is 0 Å². The van der Waals surface area contributed by atoms with Crippen molar-refractivity contribution in [1.82, 2.24) is 0 Å². The van der Waals surface area contributed by atoms with Gasteiger partial charge in [0.1, 0.15) is 0 Å². The molecule has 0 heterocycles. The molecule has 0 aromatic rings. The molecule has 0 aliphatic heterocycles. The van der Waals surface area contributed by atoms with Crippen molar-refractivity contribution in [3.63, 3.8) is 0 Å². The lowest BCUT2D eigenvalue weighted by atomic mass is 9.44. The maximum atomic E-state index is 3.96. The lowest BCUT2D eigenvalue weighted by Crippen LogP contribution is -2.53. The predicted molar refractivity (Wildman–Crippen MR) is 120 cm³/mol. The highest BCUT2D eigenvalue weighted by Gasteiger charge is 2.59. The monoisotopic (exact) mass is 372 g/mol. The third-order valence-corrected chi connectivity index (χ3v) is 10.2. The van der Waals surface area contributed by atoms with Crippen LogP contribution in [0.3, 0.4) is 0 Å². The van der Waals surface area contributed by atoms with Gasteiger partial charge in [0, 0.05) is 0 Å². The minimum atomic E-state index is 0.652. The Balaban J connectivity index is 0.00000102. The van der Waals surface area contributed by atoms with Gasteiger partial charge in [0.05, 0.1) is 0 Å². The topological polar surface area (TPSA) is 0 Å². The van der Waals surface area contributed by atoms with E-state index in [1.165, 1.54) is 38.5 Å². The third-order valence-electron chi connectivity index (χ3n) is 10.2. The summed E-state index contributed by atoms with van der Waals surface area (Å²) < 4.78 is 0. The molecule has 8 atom stereocenters. The van der Waals surface area contributed by atoms with Gasteiger partial charge in [-0.05, 0) is 111 Å². The summed E-state index contributed by atoms with van der Waals surface area (Å²) in [6.45, 7) is 15.9. The SMILES string of the molecule is C=CCC[C@@H](C)C1CCC2C3CCC4CCCCC4(C)C3CCC21C.CC. The second-order valence-corrected chi connectivity index (χ2v) is 11.0. The zero-order valence-corrected chi connectivity index (χ0v) is 19.2. The molecule has 27 heavy (non-hydrogen) atoms. The van der Waals surface area contributed by atoms with Crippen LogP contribution in [0.2, 0.25) is 0 Å². The average molecular weight is 373 g/mol. The van der Waals surface area contributed by atoms with E-state index in [1.54, 1.807) is 38.5 Å². The van der Waals surface area contributed by atoms with Gasteiger partial charge in [-0.2, -0.15) is 0 Å². The zero-order chi connectivity index (χ0) is 19.7. The van der Waals surface area contributed by atoms with Crippen LogP contribution in [0.4, 0.5) is 0 Å². The number of rotatable bonds is 4. The van der Waals surface area contributed by atoms with Crippen molar-refractivity contribution in [2.24, 2.45) is 46.3 Å². The van der Waals surface area contributed by atoms with Crippen LogP contribution in [-0.2, 0) is 0 Å². The van der Waals surface area contributed by atoms with Crippen molar-refractivity contribution >= 4 is 0 Å². The highest BCUT2D eigenvalue weighted by molar-refractivity contribution is 5.09. The second kappa shape index (κ2) is 8.62. The van der Waals surface area contributed by atoms with Crippen molar-refractivity contribution in [2.45, 2.75) is 112 Å². The Hall–Kier alpha value is -0.260. The summed E-state index contributed by atoms with van der Waals surface area (Å²) in [6, 6.07) is 0. The van der Waals surface area contributed by atoms with E-state index in [9.17, 15) is 0 Å². The molecule has 4 saturated carbocycles. The van der Waals surface area contributed by atoms with E-state index in [4.69, 9.17) is 0 Å². The van der Waals surface area contributed by atoms with Crippen LogP contribution >= 0.6 is 0 Å². The number of allylic oxidation sites excluding steroid dienone is 1. The van der Waals surface area contributed by atoms with Crippen molar-refractivity contribution in [1.29, 1.82) is 0 Å². The van der Waals surface area contributed by atoms with Gasteiger partial charge in [0.25, 0.3) is 0 Å². The summed E-state index contributed by atoms with van der Waals surface area (Å²) in [5.74, 6) is 6.11. The minimum absolute atomic E-state index is 0.652. The maximum Gasteiger partial charge on any atom is -0.0264 e. The average Bonchev–Trinajstić information content (AvgIpc) is 3.04. The Morgan fingerprint density at radius 2 is 1.63 bits per heavy atom. The quantitative estimate of drug-likeness (QED) is 0.433. The maximum absolute atomic E-state index is 3.96. The van der Waals surface area contributed by atoms with Gasteiger partial charge in [-0.1, -0.05) is 53.5 Å². The fraction of sp³-hybridized carbons (Fsp3) is 0.926. The molecule has 156 valence electrons. The summed E-state index contributed by atoms with van der Waals surface area (Å²) in [5, 5.41) is 0. The number of hydrogen-bond donors (Lipinski definition) is 0. The largest absolute Gasteiger partial charge is 0.103 e. The Morgan fingerprint density at radius 3 is 2.37 bits per heavy atom. The molecule has 0 radical (unpaired) electrons. The molecular weight excluding hydrogens is 324 g/mol. The van der Waals surface area contributed by atoms with Gasteiger partial charge >= 0.3 is 0 Å². The van der Waals surface area contributed by atoms with Crippen LogP contribution in [0.5, 0.6) is 0 Å². The van der Waals surface area contributed by atoms with E-state index in [-0.39, 0.29) is 0 Å². The Morgan fingerprint density at radius 1 is 0.889 bits per heavy atom. The number of fused-ring (bicyclic) bond motifs is 5. The first-order valence-corrected chi connectivity index (χ1v) is 12.6. The van der Waals surface area contributed by atoms with Crippen LogP contribution in [0.25, 0.3) is 0 Å². The fourth-order valence-corrected chi connectivity index (χ4v) is 8.85. The molecule has 4 fully saturated rings. The van der Waals surface area contributed by atoms with E-state index >= 15 is 0 Å². The van der Waals surface area contributed by atoms with Crippen molar-refractivity contribution in [3.05, 3.63) is 12.7 Å². The fourth-order valence-electron chi connectivity index (χ4n) is 8.85. The Labute approximate surface area is 171 Å². The molecule has 0 bridgehead atoms. The molecule has 4 aliphatic carbocycles. The van der Waals surface area contributed by atoms with Crippen LogP contribution in [-0.4, -0.2) is 0 Å². The van der Waals surface area contributed by atoms with E-state index in [1.807, 2.05) is 13.8 Å². The second-order valence-electron chi connectivity index (χ2n) is 11.0. The molecule has 4 aliphatic rings. The summed E-state index contributed by atoms with van der Waals surface area (Å²) in [5.41, 5.74) is 1.36. The molecule has 0 nitrogen and oxygen atoms in total. The molecule has 4 rings (SSSR count). The first-order valence-electron chi connectivity index (χ1n) is 12.6. The molecule has 0 aromatic heterocycles. The highest BCUT2D eigenvalue weighted by Crippen LogP contribution is 2.68. The van der Waals surface area contributed by atoms with E-state index in [0.29, 0.717) is 10.8 Å². The van der Waals surface area contributed by atoms with Crippen LogP contribution in [0.1, 0.15) is 112 Å². The van der Waals surface area contributed by atoms with Crippen molar-refractivity contribution in [3.8, 4) is 0 Å². The summed E-state index contributed by atoms with van der Waals surface area (Å²) >= 11 is 0. The molecule has 0 saturated heterocycles. The first-order chi connectivity index (χ1) is 13.0. The molecular formula is C27H48. The number of hydrogen-bond acceptors (Lipinski definition) is 0. The summed E-state index contributed by atoms with van der Waals surface area (Å²) in [4.78, 5) is 0. The van der Waals surface area contributed by atoms with Crippen LogP contribution < -0.4 is 0 Å². The van der Waals surface area contributed by atoms with E-state index in [0.717, 1.165) is 35.5 Å². The van der Waals surface area contributed by atoms with E-state index in [2.05, 4.69) is 33.4 Å². The van der Waals surface area contributed by atoms with Gasteiger partial charge in [-0.25, -0.2) is 0 Å². The van der Waals surface area contributed by atoms with Crippen LogP contribution in [0, 0.1) is 46.3 Å². The molecule has 7 unspecified atom stereocenters. The first kappa shape index (κ1) is 21.4. The zero-order valence-electron chi connectivity index (χ0n) is 19.2. The summed E-state index contributed by atoms with van der Waals surface area (Å²) in [7, 11) is 0. The van der Waals surface area contributed by atoms with Gasteiger partial charge < -0.3 is 0 Å². The van der Waals surface area contributed by atoms with Gasteiger partial charge in [-0.3, -0.25) is 0 Å².